The summed E-state index contributed by atoms with van der Waals surface area (Å²) in [4.78, 5) is 26.1. The molecule has 1 amide bonds. The molecule has 0 radical (unpaired) electrons. The van der Waals surface area contributed by atoms with Crippen molar-refractivity contribution < 1.29 is 19.6 Å². The Morgan fingerprint density at radius 1 is 1.09 bits per heavy atom. The first kappa shape index (κ1) is 22.7. The summed E-state index contributed by atoms with van der Waals surface area (Å²) in [7, 11) is 0. The van der Waals surface area contributed by atoms with E-state index in [1.165, 1.54) is 6.07 Å². The molecule has 170 valence electrons. The number of rotatable bonds is 6. The number of amides is 1. The number of nitrogens with zero attached hydrogens (tertiary/aromatic N) is 2. The Bertz CT molecular complexity index is 1170. The van der Waals surface area contributed by atoms with Crippen LogP contribution < -0.4 is 10.2 Å². The van der Waals surface area contributed by atoms with Crippen molar-refractivity contribution >= 4 is 34.6 Å². The quantitative estimate of drug-likeness (QED) is 0.410. The molecule has 1 saturated heterocycles. The largest absolute Gasteiger partial charge is 0.384 e. The molecule has 1 heterocycles. The van der Waals surface area contributed by atoms with Gasteiger partial charge in [-0.2, -0.15) is 0 Å². The Hall–Kier alpha value is -3.46. The highest BCUT2D eigenvalue weighted by Crippen LogP contribution is 2.33. The monoisotopic (exact) mass is 467 g/mol. The summed E-state index contributed by atoms with van der Waals surface area (Å²) < 4.78 is 5.32. The van der Waals surface area contributed by atoms with Gasteiger partial charge in [0.15, 0.2) is 0 Å². The number of nitrogens with one attached hydrogen (secondary N) is 1. The number of halogens is 1. The lowest BCUT2D eigenvalue weighted by Crippen LogP contribution is -2.36. The number of aliphatic hydroxyl groups is 1. The molecule has 0 saturated carbocycles. The second-order valence-corrected chi connectivity index (χ2v) is 8.00. The standard InChI is InChI=1S/C24H22ClN3O5/c25-18-7-8-20(19(15-18)23(29)16-4-2-1-3-5-16)26-24(30)17-6-9-21(22(14-17)28(31)32)27-10-12-33-13-11-27/h1-9,14-15,23,29H,10-13H2,(H,26,30)/t23-/m1/s1. The smallest absolute Gasteiger partial charge is 0.293 e. The number of anilines is 2. The van der Waals surface area contributed by atoms with Crippen molar-refractivity contribution in [3.05, 3.63) is 98.6 Å². The molecular weight excluding hydrogens is 446 g/mol. The molecule has 1 atom stereocenters. The zero-order chi connectivity index (χ0) is 23.4. The van der Waals surface area contributed by atoms with Gasteiger partial charge in [-0.1, -0.05) is 41.9 Å². The van der Waals surface area contributed by atoms with Gasteiger partial charge in [0.2, 0.25) is 0 Å². The van der Waals surface area contributed by atoms with E-state index < -0.39 is 16.9 Å². The Balaban J connectivity index is 1.62. The highest BCUT2D eigenvalue weighted by atomic mass is 35.5. The molecule has 3 aromatic carbocycles. The summed E-state index contributed by atoms with van der Waals surface area (Å²) >= 11 is 6.14. The predicted octanol–water partition coefficient (Wildman–Crippen LogP) is 4.42. The fraction of sp³-hybridized carbons (Fsp3) is 0.208. The maximum absolute atomic E-state index is 13.0. The van der Waals surface area contributed by atoms with Gasteiger partial charge in [-0.05, 0) is 35.9 Å². The minimum Gasteiger partial charge on any atom is -0.384 e. The normalized spacial score (nSPS) is 14.5. The minimum atomic E-state index is -1.02. The molecular formula is C24H22ClN3O5. The molecule has 4 rings (SSSR count). The van der Waals surface area contributed by atoms with E-state index in [0.717, 1.165) is 0 Å². The molecule has 0 unspecified atom stereocenters. The molecule has 8 nitrogen and oxygen atoms in total. The predicted molar refractivity (Wildman–Crippen MR) is 126 cm³/mol. The summed E-state index contributed by atoms with van der Waals surface area (Å²) in [6.45, 7) is 2.06. The van der Waals surface area contributed by atoms with E-state index in [9.17, 15) is 20.0 Å². The van der Waals surface area contributed by atoms with E-state index in [1.54, 1.807) is 54.6 Å². The molecule has 0 aliphatic carbocycles. The summed E-state index contributed by atoms with van der Waals surface area (Å²) in [6, 6.07) is 18.2. The minimum absolute atomic E-state index is 0.133. The van der Waals surface area contributed by atoms with E-state index in [4.69, 9.17) is 16.3 Å². The summed E-state index contributed by atoms with van der Waals surface area (Å²) in [5.74, 6) is -0.532. The van der Waals surface area contributed by atoms with E-state index >= 15 is 0 Å². The van der Waals surface area contributed by atoms with Gasteiger partial charge in [-0.15, -0.1) is 0 Å². The number of aliphatic hydroxyl groups excluding tert-OH is 1. The zero-order valence-corrected chi connectivity index (χ0v) is 18.4. The lowest BCUT2D eigenvalue weighted by atomic mass is 9.99. The molecule has 2 N–H and O–H groups in total. The number of ether oxygens (including phenoxy) is 1. The van der Waals surface area contributed by atoms with Crippen LogP contribution in [0, 0.1) is 10.1 Å². The number of hydrogen-bond acceptors (Lipinski definition) is 6. The summed E-state index contributed by atoms with van der Waals surface area (Å²) in [5.41, 5.74) is 1.86. The average Bonchev–Trinajstić information content (AvgIpc) is 2.85. The molecule has 0 aromatic heterocycles. The fourth-order valence-corrected chi connectivity index (χ4v) is 3.95. The Morgan fingerprint density at radius 2 is 1.82 bits per heavy atom. The van der Waals surface area contributed by atoms with Crippen molar-refractivity contribution in [1.82, 2.24) is 0 Å². The van der Waals surface area contributed by atoms with Crippen LogP contribution in [-0.4, -0.2) is 42.2 Å². The zero-order valence-electron chi connectivity index (χ0n) is 17.6. The number of benzene rings is 3. The van der Waals surface area contributed by atoms with Crippen molar-refractivity contribution in [2.45, 2.75) is 6.10 Å². The van der Waals surface area contributed by atoms with Gasteiger partial charge in [0.1, 0.15) is 11.8 Å². The van der Waals surface area contributed by atoms with E-state index in [1.807, 2.05) is 11.0 Å². The lowest BCUT2D eigenvalue weighted by molar-refractivity contribution is -0.384. The first-order chi connectivity index (χ1) is 15.9. The van der Waals surface area contributed by atoms with E-state index in [2.05, 4.69) is 5.32 Å². The molecule has 0 bridgehead atoms. The van der Waals surface area contributed by atoms with Gasteiger partial charge in [0.05, 0.1) is 18.1 Å². The maximum atomic E-state index is 13.0. The first-order valence-electron chi connectivity index (χ1n) is 10.4. The third-order valence-electron chi connectivity index (χ3n) is 5.46. The molecule has 1 aliphatic heterocycles. The van der Waals surface area contributed by atoms with Crippen LogP contribution in [0.15, 0.2) is 66.7 Å². The Morgan fingerprint density at radius 3 is 2.52 bits per heavy atom. The van der Waals surface area contributed by atoms with Gasteiger partial charge in [0.25, 0.3) is 11.6 Å². The van der Waals surface area contributed by atoms with Crippen molar-refractivity contribution in [3.8, 4) is 0 Å². The van der Waals surface area contributed by atoms with E-state index in [-0.39, 0.29) is 11.3 Å². The van der Waals surface area contributed by atoms with Crippen LogP contribution in [0.4, 0.5) is 17.1 Å². The highest BCUT2D eigenvalue weighted by molar-refractivity contribution is 6.30. The van der Waals surface area contributed by atoms with Crippen molar-refractivity contribution in [2.75, 3.05) is 36.5 Å². The Labute approximate surface area is 195 Å². The van der Waals surface area contributed by atoms with Gasteiger partial charge in [0, 0.05) is 41.0 Å². The molecule has 3 aromatic rings. The topological polar surface area (TPSA) is 105 Å². The van der Waals surface area contributed by atoms with Gasteiger partial charge >= 0.3 is 0 Å². The summed E-state index contributed by atoms with van der Waals surface area (Å²) in [6.07, 6.45) is -1.02. The first-order valence-corrected chi connectivity index (χ1v) is 10.8. The summed E-state index contributed by atoms with van der Waals surface area (Å²) in [5, 5.41) is 25.7. The second-order valence-electron chi connectivity index (χ2n) is 7.56. The van der Waals surface area contributed by atoms with Crippen molar-refractivity contribution in [1.29, 1.82) is 0 Å². The SMILES string of the molecule is O=C(Nc1ccc(Cl)cc1[C@H](O)c1ccccc1)c1ccc(N2CCOCC2)c([N+](=O)[O-])c1. The van der Waals surface area contributed by atoms with Crippen LogP contribution in [0.25, 0.3) is 0 Å². The third-order valence-corrected chi connectivity index (χ3v) is 5.69. The number of hydrogen-bond donors (Lipinski definition) is 2. The third kappa shape index (κ3) is 5.14. The molecule has 9 heteroatoms. The van der Waals surface area contributed by atoms with Crippen LogP contribution in [-0.2, 0) is 4.74 Å². The number of carbonyl (C=O) groups is 1. The van der Waals surface area contributed by atoms with Crippen LogP contribution in [0.2, 0.25) is 5.02 Å². The molecule has 1 fully saturated rings. The van der Waals surface area contributed by atoms with E-state index in [0.29, 0.717) is 53.8 Å². The second kappa shape index (κ2) is 9.99. The van der Waals surface area contributed by atoms with Gasteiger partial charge in [-0.3, -0.25) is 14.9 Å². The lowest BCUT2D eigenvalue weighted by Gasteiger charge is -2.28. The van der Waals surface area contributed by atoms with Crippen molar-refractivity contribution in [2.24, 2.45) is 0 Å². The van der Waals surface area contributed by atoms with Gasteiger partial charge in [-0.25, -0.2) is 0 Å². The number of nitro benzene ring substituents is 1. The van der Waals surface area contributed by atoms with Crippen LogP contribution in [0.1, 0.15) is 27.6 Å². The van der Waals surface area contributed by atoms with Crippen LogP contribution >= 0.6 is 11.6 Å². The number of carbonyl (C=O) groups excluding carboxylic acids is 1. The van der Waals surface area contributed by atoms with Crippen LogP contribution in [0.5, 0.6) is 0 Å². The van der Waals surface area contributed by atoms with Crippen molar-refractivity contribution in [3.63, 3.8) is 0 Å². The van der Waals surface area contributed by atoms with Crippen LogP contribution in [0.3, 0.4) is 0 Å². The molecule has 0 spiro atoms. The van der Waals surface area contributed by atoms with Gasteiger partial charge < -0.3 is 20.1 Å². The fourth-order valence-electron chi connectivity index (χ4n) is 3.77. The molecule has 33 heavy (non-hydrogen) atoms. The molecule has 1 aliphatic rings. The number of morpholine rings is 1. The number of nitro groups is 1. The maximum Gasteiger partial charge on any atom is 0.293 e. The average molecular weight is 468 g/mol. The highest BCUT2D eigenvalue weighted by Gasteiger charge is 2.24. The Kier molecular flexibility index (Phi) is 6.88.